The van der Waals surface area contributed by atoms with Crippen LogP contribution in [0.25, 0.3) is 0 Å². The summed E-state index contributed by atoms with van der Waals surface area (Å²) in [5, 5.41) is 3.25. The Morgan fingerprint density at radius 2 is 1.95 bits per heavy atom. The predicted molar refractivity (Wildman–Crippen MR) is 92.3 cm³/mol. The van der Waals surface area contributed by atoms with Crippen molar-refractivity contribution >= 4 is 50.5 Å². The van der Waals surface area contributed by atoms with Crippen molar-refractivity contribution in [1.82, 2.24) is 0 Å². The molecule has 0 spiro atoms. The number of anilines is 3. The fraction of sp³-hybridized carbons (Fsp3) is 0.133. The molecule has 3 N–H and O–H groups in total. The number of amides is 1. The van der Waals surface area contributed by atoms with Crippen molar-refractivity contribution < 1.29 is 4.79 Å². The predicted octanol–water partition coefficient (Wildman–Crippen LogP) is 4.00. The first kappa shape index (κ1) is 15.7. The van der Waals surface area contributed by atoms with Gasteiger partial charge in [0.05, 0.1) is 22.0 Å². The highest BCUT2D eigenvalue weighted by atomic mass is 79.9. The molecular weight excluding hydrogens is 354 g/mol. The summed E-state index contributed by atoms with van der Waals surface area (Å²) in [6.07, 6.45) is 0. The van der Waals surface area contributed by atoms with Crippen LogP contribution < -0.4 is 16.0 Å². The molecule has 0 aliphatic heterocycles. The molecule has 2 aromatic carbocycles. The van der Waals surface area contributed by atoms with Crippen molar-refractivity contribution in [3.8, 4) is 0 Å². The molecule has 2 rings (SSSR count). The summed E-state index contributed by atoms with van der Waals surface area (Å²) in [4.78, 5) is 14.3. The van der Waals surface area contributed by atoms with Crippen LogP contribution in [-0.2, 0) is 0 Å². The third-order valence-electron chi connectivity index (χ3n) is 2.92. The molecular formula is C15H15BrClN3O. The molecule has 0 radical (unpaired) electrons. The van der Waals surface area contributed by atoms with Gasteiger partial charge in [0.15, 0.2) is 0 Å². The van der Waals surface area contributed by atoms with Crippen molar-refractivity contribution in [2.45, 2.75) is 0 Å². The topological polar surface area (TPSA) is 58.4 Å². The van der Waals surface area contributed by atoms with Crippen molar-refractivity contribution in [2.75, 3.05) is 30.0 Å². The second-order valence-corrected chi connectivity index (χ2v) is 6.07. The van der Waals surface area contributed by atoms with Crippen molar-refractivity contribution in [3.63, 3.8) is 0 Å². The first-order chi connectivity index (χ1) is 9.88. The van der Waals surface area contributed by atoms with Gasteiger partial charge in [0.2, 0.25) is 0 Å². The maximum atomic E-state index is 12.4. The highest BCUT2D eigenvalue weighted by molar-refractivity contribution is 9.10. The third kappa shape index (κ3) is 3.68. The quantitative estimate of drug-likeness (QED) is 0.805. The van der Waals surface area contributed by atoms with E-state index < -0.39 is 0 Å². The van der Waals surface area contributed by atoms with E-state index in [0.29, 0.717) is 22.0 Å². The largest absolute Gasteiger partial charge is 0.399 e. The van der Waals surface area contributed by atoms with Gasteiger partial charge < -0.3 is 16.0 Å². The lowest BCUT2D eigenvalue weighted by Crippen LogP contribution is -2.17. The smallest absolute Gasteiger partial charge is 0.257 e. The number of halogens is 2. The maximum absolute atomic E-state index is 12.4. The van der Waals surface area contributed by atoms with E-state index in [9.17, 15) is 4.79 Å². The molecule has 0 aliphatic carbocycles. The number of nitrogens with two attached hydrogens (primary N) is 1. The van der Waals surface area contributed by atoms with Crippen LogP contribution in [0.2, 0.25) is 5.02 Å². The Labute approximate surface area is 137 Å². The molecule has 0 atom stereocenters. The average Bonchev–Trinajstić information content (AvgIpc) is 2.41. The lowest BCUT2D eigenvalue weighted by atomic mass is 10.2. The van der Waals surface area contributed by atoms with E-state index in [1.165, 1.54) is 0 Å². The van der Waals surface area contributed by atoms with Crippen molar-refractivity contribution in [3.05, 3.63) is 51.5 Å². The van der Waals surface area contributed by atoms with Gasteiger partial charge in [0, 0.05) is 24.3 Å². The second kappa shape index (κ2) is 6.37. The zero-order chi connectivity index (χ0) is 15.6. The molecule has 0 aliphatic rings. The highest BCUT2D eigenvalue weighted by Gasteiger charge is 2.14. The minimum Gasteiger partial charge on any atom is -0.399 e. The number of benzene rings is 2. The van der Waals surface area contributed by atoms with Gasteiger partial charge in [-0.2, -0.15) is 0 Å². The van der Waals surface area contributed by atoms with Gasteiger partial charge in [-0.05, 0) is 36.4 Å². The number of carbonyl (C=O) groups excluding carboxylic acids is 1. The number of nitrogens with zero attached hydrogens (tertiary/aromatic N) is 1. The standard InChI is InChI=1S/C15H15BrClN3O/c1-20(2)14-6-4-10(18)8-13(14)19-15(21)11-7-9(16)3-5-12(11)17/h3-8H,18H2,1-2H3,(H,19,21). The zero-order valence-electron chi connectivity index (χ0n) is 11.7. The number of rotatable bonds is 3. The molecule has 6 heteroatoms. The van der Waals surface area contributed by atoms with E-state index in [1.54, 1.807) is 30.3 Å². The normalized spacial score (nSPS) is 10.3. The zero-order valence-corrected chi connectivity index (χ0v) is 14.0. The monoisotopic (exact) mass is 367 g/mol. The number of hydrogen-bond donors (Lipinski definition) is 2. The summed E-state index contributed by atoms with van der Waals surface area (Å²) in [6.45, 7) is 0. The molecule has 0 bridgehead atoms. The Kier molecular flexibility index (Phi) is 4.75. The summed E-state index contributed by atoms with van der Waals surface area (Å²) in [6, 6.07) is 10.5. The first-order valence-electron chi connectivity index (χ1n) is 6.21. The Morgan fingerprint density at radius 1 is 1.24 bits per heavy atom. The molecule has 1 amide bonds. The summed E-state index contributed by atoms with van der Waals surface area (Å²) in [7, 11) is 3.79. The van der Waals surface area contributed by atoms with E-state index in [1.807, 2.05) is 25.1 Å². The number of nitrogens with one attached hydrogen (secondary N) is 1. The van der Waals surface area contributed by atoms with Gasteiger partial charge in [0.1, 0.15) is 0 Å². The molecule has 0 saturated carbocycles. The molecule has 0 heterocycles. The van der Waals surface area contributed by atoms with Gasteiger partial charge in [0.25, 0.3) is 5.91 Å². The summed E-state index contributed by atoms with van der Waals surface area (Å²) in [5.41, 5.74) is 8.28. The van der Waals surface area contributed by atoms with Crippen LogP contribution in [-0.4, -0.2) is 20.0 Å². The molecule has 4 nitrogen and oxygen atoms in total. The van der Waals surface area contributed by atoms with Crippen LogP contribution in [0, 0.1) is 0 Å². The summed E-state index contributed by atoms with van der Waals surface area (Å²) < 4.78 is 0.789. The molecule has 0 fully saturated rings. The Bertz CT molecular complexity index is 689. The van der Waals surface area contributed by atoms with Gasteiger partial charge in [-0.3, -0.25) is 4.79 Å². The van der Waals surface area contributed by atoms with Crippen LogP contribution in [0.1, 0.15) is 10.4 Å². The minimum atomic E-state index is -0.282. The van der Waals surface area contributed by atoms with Crippen LogP contribution in [0.3, 0.4) is 0 Å². The van der Waals surface area contributed by atoms with Crippen LogP contribution >= 0.6 is 27.5 Å². The van der Waals surface area contributed by atoms with E-state index in [2.05, 4.69) is 21.2 Å². The number of nitrogen functional groups attached to an aromatic ring is 1. The number of carbonyl (C=O) groups is 1. The van der Waals surface area contributed by atoms with E-state index in [-0.39, 0.29) is 5.91 Å². The van der Waals surface area contributed by atoms with E-state index in [4.69, 9.17) is 17.3 Å². The van der Waals surface area contributed by atoms with E-state index >= 15 is 0 Å². The van der Waals surface area contributed by atoms with Gasteiger partial charge in [-0.25, -0.2) is 0 Å². The lowest BCUT2D eigenvalue weighted by molar-refractivity contribution is 0.102. The Morgan fingerprint density at radius 3 is 2.62 bits per heavy atom. The minimum absolute atomic E-state index is 0.282. The Balaban J connectivity index is 2.35. The molecule has 0 unspecified atom stereocenters. The van der Waals surface area contributed by atoms with Crippen LogP contribution in [0.5, 0.6) is 0 Å². The molecule has 2 aromatic rings. The fourth-order valence-corrected chi connectivity index (χ4v) is 2.47. The molecule has 0 saturated heterocycles. The summed E-state index contributed by atoms with van der Waals surface area (Å²) in [5.74, 6) is -0.282. The third-order valence-corrected chi connectivity index (χ3v) is 3.75. The average molecular weight is 369 g/mol. The van der Waals surface area contributed by atoms with Crippen molar-refractivity contribution in [2.24, 2.45) is 0 Å². The van der Waals surface area contributed by atoms with Gasteiger partial charge in [-0.15, -0.1) is 0 Å². The maximum Gasteiger partial charge on any atom is 0.257 e. The summed E-state index contributed by atoms with van der Waals surface area (Å²) >= 11 is 9.41. The van der Waals surface area contributed by atoms with Gasteiger partial charge in [-0.1, -0.05) is 27.5 Å². The first-order valence-corrected chi connectivity index (χ1v) is 7.39. The SMILES string of the molecule is CN(C)c1ccc(N)cc1NC(=O)c1cc(Br)ccc1Cl. The lowest BCUT2D eigenvalue weighted by Gasteiger charge is -2.18. The van der Waals surface area contributed by atoms with Gasteiger partial charge >= 0.3 is 0 Å². The van der Waals surface area contributed by atoms with Crippen LogP contribution in [0.4, 0.5) is 17.1 Å². The molecule has 0 aromatic heterocycles. The van der Waals surface area contributed by atoms with Crippen molar-refractivity contribution in [1.29, 1.82) is 0 Å². The van der Waals surface area contributed by atoms with E-state index in [0.717, 1.165) is 10.2 Å². The molecule has 110 valence electrons. The fourth-order valence-electron chi connectivity index (χ4n) is 1.90. The molecule has 21 heavy (non-hydrogen) atoms. The number of hydrogen-bond acceptors (Lipinski definition) is 3. The highest BCUT2D eigenvalue weighted by Crippen LogP contribution is 2.28. The van der Waals surface area contributed by atoms with Crippen LogP contribution in [0.15, 0.2) is 40.9 Å². The second-order valence-electron chi connectivity index (χ2n) is 4.75. The Hall–Kier alpha value is -1.72.